The largest absolute Gasteiger partial charge is 0.328 e. The molecule has 1 aromatic carbocycles. The third kappa shape index (κ3) is 4.12. The van der Waals surface area contributed by atoms with Crippen LogP contribution in [0, 0.1) is 0 Å². The summed E-state index contributed by atoms with van der Waals surface area (Å²) in [7, 11) is -3.22. The van der Waals surface area contributed by atoms with Gasteiger partial charge in [0.15, 0.2) is 9.84 Å². The average Bonchev–Trinajstić information content (AvgIpc) is 2.16. The number of rotatable bonds is 5. The summed E-state index contributed by atoms with van der Waals surface area (Å²) in [5, 5.41) is 0.438. The number of sulfone groups is 1. The normalized spacial score (nSPS) is 13.7. The molecule has 16 heavy (non-hydrogen) atoms. The first-order chi connectivity index (χ1) is 7.42. The van der Waals surface area contributed by atoms with Crippen molar-refractivity contribution in [2.75, 3.05) is 5.75 Å². The Bertz CT molecular complexity index is 443. The van der Waals surface area contributed by atoms with E-state index in [9.17, 15) is 8.42 Å². The number of nitrogens with two attached hydrogens (primary N) is 1. The topological polar surface area (TPSA) is 60.2 Å². The average molecular weight is 262 g/mol. The lowest BCUT2D eigenvalue weighted by Gasteiger charge is -2.06. The highest BCUT2D eigenvalue weighted by molar-refractivity contribution is 7.91. The molecule has 1 atom stereocenters. The Hall–Kier alpha value is -0.580. The maximum Gasteiger partial charge on any atom is 0.178 e. The van der Waals surface area contributed by atoms with E-state index in [4.69, 9.17) is 17.3 Å². The van der Waals surface area contributed by atoms with E-state index in [0.717, 1.165) is 0 Å². The molecule has 0 fully saturated rings. The Kier molecular flexibility index (Phi) is 4.77. The van der Waals surface area contributed by atoms with Crippen LogP contribution in [0.5, 0.6) is 0 Å². The van der Waals surface area contributed by atoms with Crippen molar-refractivity contribution in [1.29, 1.82) is 0 Å². The van der Waals surface area contributed by atoms with Crippen LogP contribution in [-0.2, 0) is 9.84 Å². The van der Waals surface area contributed by atoms with Crippen LogP contribution in [0.2, 0.25) is 5.02 Å². The molecule has 0 aliphatic rings. The second kappa shape index (κ2) is 5.66. The minimum absolute atomic E-state index is 0.0366. The van der Waals surface area contributed by atoms with Crippen LogP contribution in [0.25, 0.3) is 0 Å². The predicted octanol–water partition coefficient (Wildman–Crippen LogP) is 2.24. The first kappa shape index (κ1) is 13.5. The molecule has 1 rings (SSSR count). The highest BCUT2D eigenvalue weighted by Gasteiger charge is 2.14. The number of hydrogen-bond acceptors (Lipinski definition) is 3. The summed E-state index contributed by atoms with van der Waals surface area (Å²) >= 11 is 5.75. The van der Waals surface area contributed by atoms with Gasteiger partial charge >= 0.3 is 0 Å². The quantitative estimate of drug-likeness (QED) is 0.884. The number of halogens is 1. The lowest BCUT2D eigenvalue weighted by molar-refractivity contribution is 0.585. The summed E-state index contributed by atoms with van der Waals surface area (Å²) in [5.74, 6) is 0.120. The molecular weight excluding hydrogens is 246 g/mol. The number of hydrogen-bond donors (Lipinski definition) is 1. The van der Waals surface area contributed by atoms with Crippen LogP contribution in [0.3, 0.4) is 0 Å². The number of benzene rings is 1. The molecule has 0 saturated carbocycles. The molecule has 0 heterocycles. The third-order valence-corrected chi connectivity index (χ3v) is 4.26. The van der Waals surface area contributed by atoms with Gasteiger partial charge in [0.2, 0.25) is 0 Å². The van der Waals surface area contributed by atoms with Crippen molar-refractivity contribution < 1.29 is 8.42 Å². The first-order valence-electron chi connectivity index (χ1n) is 5.16. The van der Waals surface area contributed by atoms with Gasteiger partial charge in [0.05, 0.1) is 10.6 Å². The van der Waals surface area contributed by atoms with Gasteiger partial charge in [0.1, 0.15) is 0 Å². The van der Waals surface area contributed by atoms with Crippen molar-refractivity contribution in [1.82, 2.24) is 0 Å². The van der Waals surface area contributed by atoms with Crippen molar-refractivity contribution in [2.24, 2.45) is 5.73 Å². The van der Waals surface area contributed by atoms with Gasteiger partial charge in [-0.25, -0.2) is 8.42 Å². The van der Waals surface area contributed by atoms with E-state index in [2.05, 4.69) is 0 Å². The summed E-state index contributed by atoms with van der Waals surface area (Å²) in [6.45, 7) is 1.87. The van der Waals surface area contributed by atoms with Gasteiger partial charge in [-0.05, 0) is 38.0 Å². The standard InChI is InChI=1S/C11H16ClNO2S/c1-9(13)4-3-7-16(14,15)11-6-2-5-10(12)8-11/h2,5-6,8-9H,3-4,7,13H2,1H3. The van der Waals surface area contributed by atoms with E-state index in [0.29, 0.717) is 17.9 Å². The first-order valence-corrected chi connectivity index (χ1v) is 7.19. The molecule has 1 aromatic rings. The second-order valence-corrected chi connectivity index (χ2v) is 6.44. The van der Waals surface area contributed by atoms with Crippen molar-refractivity contribution >= 4 is 21.4 Å². The fourth-order valence-electron chi connectivity index (χ4n) is 1.37. The van der Waals surface area contributed by atoms with Gasteiger partial charge in [-0.3, -0.25) is 0 Å². The van der Waals surface area contributed by atoms with Crippen LogP contribution >= 0.6 is 11.6 Å². The van der Waals surface area contributed by atoms with Gasteiger partial charge in [0, 0.05) is 11.1 Å². The molecule has 0 radical (unpaired) electrons. The molecule has 0 saturated heterocycles. The smallest absolute Gasteiger partial charge is 0.178 e. The monoisotopic (exact) mass is 261 g/mol. The third-order valence-electron chi connectivity index (χ3n) is 2.23. The molecule has 3 nitrogen and oxygen atoms in total. The van der Waals surface area contributed by atoms with Crippen molar-refractivity contribution in [3.8, 4) is 0 Å². The van der Waals surface area contributed by atoms with Crippen molar-refractivity contribution in [2.45, 2.75) is 30.7 Å². The fraction of sp³-hybridized carbons (Fsp3) is 0.455. The minimum atomic E-state index is -3.22. The maximum absolute atomic E-state index is 11.9. The molecule has 0 aromatic heterocycles. The highest BCUT2D eigenvalue weighted by atomic mass is 35.5. The van der Waals surface area contributed by atoms with Gasteiger partial charge in [-0.1, -0.05) is 17.7 Å². The summed E-state index contributed by atoms with van der Waals surface area (Å²) in [4.78, 5) is 0.282. The Morgan fingerprint density at radius 3 is 2.69 bits per heavy atom. The van der Waals surface area contributed by atoms with Gasteiger partial charge in [0.25, 0.3) is 0 Å². The molecule has 90 valence electrons. The Morgan fingerprint density at radius 2 is 2.12 bits per heavy atom. The van der Waals surface area contributed by atoms with E-state index >= 15 is 0 Å². The van der Waals surface area contributed by atoms with E-state index < -0.39 is 9.84 Å². The highest BCUT2D eigenvalue weighted by Crippen LogP contribution is 2.17. The van der Waals surface area contributed by atoms with Crippen molar-refractivity contribution in [3.05, 3.63) is 29.3 Å². The Balaban J connectivity index is 2.71. The Labute approximate surface area is 102 Å². The van der Waals surface area contributed by atoms with Crippen LogP contribution in [0.4, 0.5) is 0 Å². The zero-order valence-corrected chi connectivity index (χ0v) is 10.8. The molecule has 0 aliphatic heterocycles. The Morgan fingerprint density at radius 1 is 1.44 bits per heavy atom. The SMILES string of the molecule is CC(N)CCCS(=O)(=O)c1cccc(Cl)c1. The molecular formula is C11H16ClNO2S. The predicted molar refractivity (Wildman–Crippen MR) is 66.4 cm³/mol. The molecule has 5 heteroatoms. The fourth-order valence-corrected chi connectivity index (χ4v) is 3.00. The van der Waals surface area contributed by atoms with Crippen LogP contribution < -0.4 is 5.73 Å². The molecule has 2 N–H and O–H groups in total. The van der Waals surface area contributed by atoms with E-state index in [1.807, 2.05) is 6.92 Å². The van der Waals surface area contributed by atoms with Crippen molar-refractivity contribution in [3.63, 3.8) is 0 Å². The lowest BCUT2D eigenvalue weighted by atomic mass is 10.2. The van der Waals surface area contributed by atoms with Crippen LogP contribution in [0.1, 0.15) is 19.8 Å². The summed E-state index contributed by atoms with van der Waals surface area (Å²) in [6, 6.07) is 6.37. The zero-order valence-electron chi connectivity index (χ0n) is 9.19. The maximum atomic E-state index is 11.9. The lowest BCUT2D eigenvalue weighted by Crippen LogP contribution is -2.16. The van der Waals surface area contributed by atoms with E-state index in [-0.39, 0.29) is 16.7 Å². The molecule has 0 spiro atoms. The summed E-state index contributed by atoms with van der Waals surface area (Å²) < 4.78 is 23.7. The molecule has 0 aliphatic carbocycles. The van der Waals surface area contributed by atoms with E-state index in [1.165, 1.54) is 6.07 Å². The molecule has 0 bridgehead atoms. The van der Waals surface area contributed by atoms with Crippen LogP contribution in [0.15, 0.2) is 29.2 Å². The summed E-state index contributed by atoms with van der Waals surface area (Å²) in [6.07, 6.45) is 1.28. The second-order valence-electron chi connectivity index (χ2n) is 3.90. The summed E-state index contributed by atoms with van der Waals surface area (Å²) in [5.41, 5.74) is 5.57. The van der Waals surface area contributed by atoms with Crippen LogP contribution in [-0.4, -0.2) is 20.2 Å². The zero-order chi connectivity index (χ0) is 12.2. The van der Waals surface area contributed by atoms with Gasteiger partial charge in [-0.15, -0.1) is 0 Å². The molecule has 1 unspecified atom stereocenters. The van der Waals surface area contributed by atoms with E-state index in [1.54, 1.807) is 18.2 Å². The molecule has 0 amide bonds. The van der Waals surface area contributed by atoms with Gasteiger partial charge < -0.3 is 5.73 Å². The minimum Gasteiger partial charge on any atom is -0.328 e. The van der Waals surface area contributed by atoms with Gasteiger partial charge in [-0.2, -0.15) is 0 Å².